The van der Waals surface area contributed by atoms with Crippen LogP contribution in [-0.4, -0.2) is 6.10 Å². The molecular formula is C14H24O. The van der Waals surface area contributed by atoms with Crippen LogP contribution in [0.4, 0.5) is 0 Å². The lowest BCUT2D eigenvalue weighted by atomic mass is 9.80. The summed E-state index contributed by atoms with van der Waals surface area (Å²) in [5.41, 5.74) is 0.259. The van der Waals surface area contributed by atoms with Crippen molar-refractivity contribution >= 4 is 0 Å². The van der Waals surface area contributed by atoms with Crippen molar-refractivity contribution in [2.45, 2.75) is 59.0 Å². The molecule has 0 spiro atoms. The first-order valence-corrected chi connectivity index (χ1v) is 6.15. The maximum Gasteiger partial charge on any atom is 0.121 e. The van der Waals surface area contributed by atoms with Gasteiger partial charge in [-0.2, -0.15) is 0 Å². The molecule has 0 saturated heterocycles. The first-order valence-electron chi connectivity index (χ1n) is 6.15. The zero-order chi connectivity index (χ0) is 11.1. The number of allylic oxidation sites excluding steroid dienone is 2. The van der Waals surface area contributed by atoms with Crippen molar-refractivity contribution in [1.29, 1.82) is 0 Å². The molecule has 1 unspecified atom stereocenters. The number of rotatable bonds is 6. The minimum Gasteiger partial charge on any atom is -0.493 e. The van der Waals surface area contributed by atoms with E-state index in [0.717, 1.165) is 0 Å². The van der Waals surface area contributed by atoms with E-state index in [1.807, 2.05) is 6.08 Å². The third kappa shape index (κ3) is 4.11. The Labute approximate surface area is 94.2 Å². The van der Waals surface area contributed by atoms with Gasteiger partial charge in [0, 0.05) is 5.41 Å². The van der Waals surface area contributed by atoms with Gasteiger partial charge < -0.3 is 4.74 Å². The SMILES string of the molecule is CCCCCCC(C)(C)C1C=CC=CO1. The van der Waals surface area contributed by atoms with E-state index in [4.69, 9.17) is 4.74 Å². The Morgan fingerprint density at radius 2 is 1.93 bits per heavy atom. The van der Waals surface area contributed by atoms with Crippen molar-refractivity contribution in [3.05, 3.63) is 24.5 Å². The Hall–Kier alpha value is -0.720. The van der Waals surface area contributed by atoms with Crippen LogP contribution in [0.2, 0.25) is 0 Å². The monoisotopic (exact) mass is 208 g/mol. The number of hydrogen-bond acceptors (Lipinski definition) is 1. The summed E-state index contributed by atoms with van der Waals surface area (Å²) in [7, 11) is 0. The number of ether oxygens (including phenoxy) is 1. The van der Waals surface area contributed by atoms with E-state index >= 15 is 0 Å². The summed E-state index contributed by atoms with van der Waals surface area (Å²) >= 11 is 0. The van der Waals surface area contributed by atoms with Gasteiger partial charge in [-0.25, -0.2) is 0 Å². The van der Waals surface area contributed by atoms with Crippen LogP contribution in [0.3, 0.4) is 0 Å². The number of hydrogen-bond donors (Lipinski definition) is 0. The molecule has 0 aromatic rings. The third-order valence-electron chi connectivity index (χ3n) is 3.15. The lowest BCUT2D eigenvalue weighted by Gasteiger charge is -2.32. The molecule has 0 aromatic heterocycles. The summed E-state index contributed by atoms with van der Waals surface area (Å²) in [6, 6.07) is 0. The molecule has 1 rings (SSSR count). The molecule has 0 bridgehead atoms. The molecule has 15 heavy (non-hydrogen) atoms. The van der Waals surface area contributed by atoms with Gasteiger partial charge in [-0.3, -0.25) is 0 Å². The second-order valence-electron chi connectivity index (χ2n) is 5.07. The first kappa shape index (κ1) is 12.4. The van der Waals surface area contributed by atoms with E-state index in [2.05, 4.69) is 32.9 Å². The maximum absolute atomic E-state index is 5.63. The minimum absolute atomic E-state index is 0.254. The lowest BCUT2D eigenvalue weighted by Crippen LogP contribution is -2.29. The van der Waals surface area contributed by atoms with E-state index in [0.29, 0.717) is 0 Å². The van der Waals surface area contributed by atoms with Gasteiger partial charge >= 0.3 is 0 Å². The highest BCUT2D eigenvalue weighted by Gasteiger charge is 2.28. The summed E-state index contributed by atoms with van der Waals surface area (Å²) in [6.45, 7) is 6.85. The van der Waals surface area contributed by atoms with Crippen molar-refractivity contribution in [1.82, 2.24) is 0 Å². The summed E-state index contributed by atoms with van der Waals surface area (Å²) in [4.78, 5) is 0. The van der Waals surface area contributed by atoms with Gasteiger partial charge in [0.1, 0.15) is 6.10 Å². The predicted molar refractivity (Wildman–Crippen MR) is 65.7 cm³/mol. The van der Waals surface area contributed by atoms with Crippen LogP contribution in [0.1, 0.15) is 52.9 Å². The molecule has 1 heterocycles. The van der Waals surface area contributed by atoms with Gasteiger partial charge in [0.05, 0.1) is 6.26 Å². The fourth-order valence-electron chi connectivity index (χ4n) is 1.98. The molecule has 1 atom stereocenters. The summed E-state index contributed by atoms with van der Waals surface area (Å²) in [5.74, 6) is 0. The van der Waals surface area contributed by atoms with Crippen molar-refractivity contribution in [3.8, 4) is 0 Å². The first-order chi connectivity index (χ1) is 7.17. The van der Waals surface area contributed by atoms with Crippen LogP contribution in [-0.2, 0) is 4.74 Å². The van der Waals surface area contributed by atoms with E-state index in [1.54, 1.807) is 6.26 Å². The Kier molecular flexibility index (Phi) is 4.93. The Morgan fingerprint density at radius 1 is 1.13 bits per heavy atom. The summed E-state index contributed by atoms with van der Waals surface area (Å²) < 4.78 is 5.63. The highest BCUT2D eigenvalue weighted by Crippen LogP contribution is 2.32. The molecule has 0 aliphatic carbocycles. The molecule has 0 fully saturated rings. The van der Waals surface area contributed by atoms with Crippen LogP contribution in [0, 0.1) is 5.41 Å². The fraction of sp³-hybridized carbons (Fsp3) is 0.714. The normalized spacial score (nSPS) is 20.3. The highest BCUT2D eigenvalue weighted by atomic mass is 16.5. The van der Waals surface area contributed by atoms with E-state index in [9.17, 15) is 0 Å². The molecule has 0 radical (unpaired) electrons. The molecule has 0 amide bonds. The zero-order valence-electron chi connectivity index (χ0n) is 10.3. The second kappa shape index (κ2) is 5.99. The van der Waals surface area contributed by atoms with Gasteiger partial charge in [-0.05, 0) is 18.6 Å². The van der Waals surface area contributed by atoms with Crippen molar-refractivity contribution in [3.63, 3.8) is 0 Å². The van der Waals surface area contributed by atoms with Crippen LogP contribution < -0.4 is 0 Å². The summed E-state index contributed by atoms with van der Waals surface area (Å²) in [5, 5.41) is 0. The summed E-state index contributed by atoms with van der Waals surface area (Å²) in [6.07, 6.45) is 14.8. The third-order valence-corrected chi connectivity index (χ3v) is 3.15. The van der Waals surface area contributed by atoms with Crippen LogP contribution in [0.15, 0.2) is 24.5 Å². The smallest absolute Gasteiger partial charge is 0.121 e. The standard InChI is InChI=1S/C14H24O/c1-4-5-6-8-11-14(2,3)13-10-7-9-12-15-13/h7,9-10,12-13H,4-6,8,11H2,1-3H3. The molecule has 1 heteroatoms. The Balaban J connectivity index is 2.30. The predicted octanol–water partition coefficient (Wildman–Crippen LogP) is 4.45. The van der Waals surface area contributed by atoms with Gasteiger partial charge in [0.2, 0.25) is 0 Å². The Bertz CT molecular complexity index is 225. The quantitative estimate of drug-likeness (QED) is 0.586. The molecule has 86 valence electrons. The van der Waals surface area contributed by atoms with Crippen molar-refractivity contribution in [2.75, 3.05) is 0 Å². The molecule has 0 N–H and O–H groups in total. The second-order valence-corrected chi connectivity index (χ2v) is 5.07. The average Bonchev–Trinajstić information content (AvgIpc) is 2.26. The highest BCUT2D eigenvalue weighted by molar-refractivity contribution is 5.10. The number of unbranched alkanes of at least 4 members (excludes halogenated alkanes) is 3. The maximum atomic E-state index is 5.63. The zero-order valence-corrected chi connectivity index (χ0v) is 10.3. The van der Waals surface area contributed by atoms with E-state index in [1.165, 1.54) is 32.1 Å². The molecule has 0 aromatic carbocycles. The lowest BCUT2D eigenvalue weighted by molar-refractivity contribution is 0.0616. The average molecular weight is 208 g/mol. The molecular weight excluding hydrogens is 184 g/mol. The largest absolute Gasteiger partial charge is 0.493 e. The fourth-order valence-corrected chi connectivity index (χ4v) is 1.98. The van der Waals surface area contributed by atoms with Gasteiger partial charge in [0.15, 0.2) is 0 Å². The van der Waals surface area contributed by atoms with Gasteiger partial charge in [-0.1, -0.05) is 52.5 Å². The van der Waals surface area contributed by atoms with Crippen LogP contribution in [0.25, 0.3) is 0 Å². The van der Waals surface area contributed by atoms with E-state index in [-0.39, 0.29) is 11.5 Å². The topological polar surface area (TPSA) is 9.23 Å². The van der Waals surface area contributed by atoms with E-state index < -0.39 is 0 Å². The van der Waals surface area contributed by atoms with Crippen LogP contribution >= 0.6 is 0 Å². The Morgan fingerprint density at radius 3 is 2.53 bits per heavy atom. The molecule has 0 saturated carbocycles. The minimum atomic E-state index is 0.254. The molecule has 1 aliphatic heterocycles. The van der Waals surface area contributed by atoms with Gasteiger partial charge in [0.25, 0.3) is 0 Å². The van der Waals surface area contributed by atoms with Crippen LogP contribution in [0.5, 0.6) is 0 Å². The molecule has 1 nitrogen and oxygen atoms in total. The molecule has 1 aliphatic rings. The van der Waals surface area contributed by atoms with Gasteiger partial charge in [-0.15, -0.1) is 0 Å². The van der Waals surface area contributed by atoms with Crippen molar-refractivity contribution in [2.24, 2.45) is 5.41 Å². The van der Waals surface area contributed by atoms with Crippen molar-refractivity contribution < 1.29 is 4.74 Å².